The summed E-state index contributed by atoms with van der Waals surface area (Å²) in [6, 6.07) is 16.8. The number of ether oxygens (including phenoxy) is 3. The number of aromatic nitrogens is 2. The number of halogens is 1. The zero-order valence-corrected chi connectivity index (χ0v) is 18.8. The van der Waals surface area contributed by atoms with Crippen molar-refractivity contribution in [1.82, 2.24) is 9.78 Å². The van der Waals surface area contributed by atoms with E-state index in [2.05, 4.69) is 10.4 Å². The van der Waals surface area contributed by atoms with E-state index in [1.54, 1.807) is 54.6 Å². The zero-order valence-electron chi connectivity index (χ0n) is 18.1. The van der Waals surface area contributed by atoms with Gasteiger partial charge in [0.15, 0.2) is 5.69 Å². The molecule has 0 aliphatic heterocycles. The SMILES string of the molecule is COc1cc(OC)c(NC(=O)c2nn(-c3ccccc3OC)c(=O)c3ccccc23)cc1Cl. The van der Waals surface area contributed by atoms with Gasteiger partial charge in [0.2, 0.25) is 0 Å². The molecule has 0 fully saturated rings. The molecule has 1 amide bonds. The van der Waals surface area contributed by atoms with E-state index in [-0.39, 0.29) is 11.3 Å². The Morgan fingerprint density at radius 2 is 1.52 bits per heavy atom. The number of nitrogens with one attached hydrogen (secondary N) is 1. The summed E-state index contributed by atoms with van der Waals surface area (Å²) < 4.78 is 17.1. The lowest BCUT2D eigenvalue weighted by atomic mass is 10.1. The molecular weight excluding hydrogens is 446 g/mol. The van der Waals surface area contributed by atoms with E-state index in [9.17, 15) is 9.59 Å². The minimum atomic E-state index is -0.547. The van der Waals surface area contributed by atoms with Crippen LogP contribution >= 0.6 is 11.6 Å². The molecule has 0 aliphatic rings. The van der Waals surface area contributed by atoms with Gasteiger partial charge in [-0.05, 0) is 24.3 Å². The van der Waals surface area contributed by atoms with E-state index in [4.69, 9.17) is 25.8 Å². The van der Waals surface area contributed by atoms with E-state index >= 15 is 0 Å². The van der Waals surface area contributed by atoms with Crippen molar-refractivity contribution in [3.63, 3.8) is 0 Å². The van der Waals surface area contributed by atoms with Crippen LogP contribution < -0.4 is 25.1 Å². The van der Waals surface area contributed by atoms with Crippen LogP contribution in [-0.4, -0.2) is 37.0 Å². The first-order valence-electron chi connectivity index (χ1n) is 9.86. The smallest absolute Gasteiger partial charge is 0.279 e. The molecule has 8 nitrogen and oxygen atoms in total. The fraction of sp³-hybridized carbons (Fsp3) is 0.125. The first-order valence-corrected chi connectivity index (χ1v) is 10.2. The lowest BCUT2D eigenvalue weighted by Crippen LogP contribution is -2.27. The van der Waals surface area contributed by atoms with Crippen LogP contribution in [0.15, 0.2) is 65.5 Å². The first kappa shape index (κ1) is 22.2. The van der Waals surface area contributed by atoms with Gasteiger partial charge >= 0.3 is 0 Å². The number of fused-ring (bicyclic) bond motifs is 1. The van der Waals surface area contributed by atoms with Crippen LogP contribution in [0.4, 0.5) is 5.69 Å². The van der Waals surface area contributed by atoms with Gasteiger partial charge in [0.1, 0.15) is 22.9 Å². The highest BCUT2D eigenvalue weighted by atomic mass is 35.5. The number of anilines is 1. The number of rotatable bonds is 6. The van der Waals surface area contributed by atoms with Crippen LogP contribution in [0.5, 0.6) is 17.2 Å². The summed E-state index contributed by atoms with van der Waals surface area (Å²) >= 11 is 6.24. The second-order valence-corrected chi connectivity index (χ2v) is 7.33. The Balaban J connectivity index is 1.88. The molecule has 168 valence electrons. The molecule has 1 aromatic heterocycles. The van der Waals surface area contributed by atoms with Crippen molar-refractivity contribution in [2.24, 2.45) is 0 Å². The van der Waals surface area contributed by atoms with E-state index in [1.807, 2.05) is 0 Å². The van der Waals surface area contributed by atoms with Crippen molar-refractivity contribution in [3.05, 3.63) is 81.7 Å². The maximum Gasteiger partial charge on any atom is 0.279 e. The van der Waals surface area contributed by atoms with Crippen LogP contribution in [0, 0.1) is 0 Å². The maximum absolute atomic E-state index is 13.4. The van der Waals surface area contributed by atoms with Crippen LogP contribution in [-0.2, 0) is 0 Å². The predicted molar refractivity (Wildman–Crippen MR) is 126 cm³/mol. The monoisotopic (exact) mass is 465 g/mol. The molecule has 1 N–H and O–H groups in total. The average Bonchev–Trinajstić information content (AvgIpc) is 2.84. The van der Waals surface area contributed by atoms with Crippen LogP contribution in [0.3, 0.4) is 0 Å². The first-order chi connectivity index (χ1) is 16.0. The number of benzene rings is 3. The standard InChI is InChI=1S/C24H20ClN3O5/c1-31-19-11-7-6-10-18(19)28-24(30)15-9-5-4-8-14(15)22(27-28)23(29)26-17-12-16(25)20(32-2)13-21(17)33-3/h4-13H,1-3H3,(H,26,29). The fourth-order valence-electron chi connectivity index (χ4n) is 3.46. The van der Waals surface area contributed by atoms with E-state index in [1.165, 1.54) is 27.4 Å². The molecule has 0 spiro atoms. The number of para-hydroxylation sites is 2. The van der Waals surface area contributed by atoms with Gasteiger partial charge in [0, 0.05) is 11.5 Å². The largest absolute Gasteiger partial charge is 0.495 e. The molecule has 0 radical (unpaired) electrons. The van der Waals surface area contributed by atoms with E-state index in [0.29, 0.717) is 44.4 Å². The van der Waals surface area contributed by atoms with Crippen LogP contribution in [0.2, 0.25) is 5.02 Å². The van der Waals surface area contributed by atoms with Gasteiger partial charge in [-0.3, -0.25) is 9.59 Å². The minimum absolute atomic E-state index is 0.0464. The highest BCUT2D eigenvalue weighted by Gasteiger charge is 2.21. The summed E-state index contributed by atoms with van der Waals surface area (Å²) in [6.07, 6.45) is 0. The third-order valence-corrected chi connectivity index (χ3v) is 5.35. The van der Waals surface area contributed by atoms with Crippen LogP contribution in [0.25, 0.3) is 16.5 Å². The quantitative estimate of drug-likeness (QED) is 0.456. The Bertz CT molecular complexity index is 1420. The number of methoxy groups -OCH3 is 3. The van der Waals surface area contributed by atoms with Gasteiger partial charge in [-0.2, -0.15) is 9.78 Å². The molecule has 9 heteroatoms. The molecule has 33 heavy (non-hydrogen) atoms. The summed E-state index contributed by atoms with van der Waals surface area (Å²) in [6.45, 7) is 0. The van der Waals surface area contributed by atoms with Crippen molar-refractivity contribution in [2.45, 2.75) is 0 Å². The van der Waals surface area contributed by atoms with Crippen molar-refractivity contribution in [2.75, 3.05) is 26.6 Å². The molecule has 4 rings (SSSR count). The second kappa shape index (κ2) is 9.22. The lowest BCUT2D eigenvalue weighted by molar-refractivity contribution is 0.102. The molecule has 0 aliphatic carbocycles. The minimum Gasteiger partial charge on any atom is -0.495 e. The molecule has 0 atom stereocenters. The zero-order chi connectivity index (χ0) is 23.5. The highest BCUT2D eigenvalue weighted by Crippen LogP contribution is 2.36. The summed E-state index contributed by atoms with van der Waals surface area (Å²) in [7, 11) is 4.45. The van der Waals surface area contributed by atoms with Crippen molar-refractivity contribution in [3.8, 4) is 22.9 Å². The van der Waals surface area contributed by atoms with E-state index < -0.39 is 5.91 Å². The number of hydrogen-bond acceptors (Lipinski definition) is 6. The normalized spacial score (nSPS) is 10.7. The molecule has 0 saturated carbocycles. The number of nitrogens with zero attached hydrogens (tertiary/aromatic N) is 2. The van der Waals surface area contributed by atoms with Gasteiger partial charge < -0.3 is 19.5 Å². The Hall–Kier alpha value is -4.04. The molecular formula is C24H20ClN3O5. The van der Waals surface area contributed by atoms with Gasteiger partial charge in [-0.15, -0.1) is 0 Å². The van der Waals surface area contributed by atoms with Gasteiger partial charge in [-0.25, -0.2) is 0 Å². The number of amides is 1. The molecule has 0 saturated heterocycles. The molecule has 4 aromatic rings. The Kier molecular flexibility index (Phi) is 6.19. The fourth-order valence-corrected chi connectivity index (χ4v) is 3.71. The Morgan fingerprint density at radius 1 is 0.879 bits per heavy atom. The average molecular weight is 466 g/mol. The van der Waals surface area contributed by atoms with Gasteiger partial charge in [0.05, 0.1) is 37.4 Å². The number of carbonyl (C=O) groups excluding carboxylic acids is 1. The number of carbonyl (C=O) groups is 1. The van der Waals surface area contributed by atoms with Crippen molar-refractivity contribution < 1.29 is 19.0 Å². The third-order valence-electron chi connectivity index (χ3n) is 5.06. The Labute approximate surface area is 194 Å². The highest BCUT2D eigenvalue weighted by molar-refractivity contribution is 6.32. The molecule has 0 unspecified atom stereocenters. The summed E-state index contributed by atoms with van der Waals surface area (Å²) in [5.41, 5.74) is 0.408. The summed E-state index contributed by atoms with van der Waals surface area (Å²) in [4.78, 5) is 26.6. The molecule has 1 heterocycles. The lowest BCUT2D eigenvalue weighted by Gasteiger charge is -2.15. The number of hydrogen-bond donors (Lipinski definition) is 1. The summed E-state index contributed by atoms with van der Waals surface area (Å²) in [5, 5.41) is 8.22. The Morgan fingerprint density at radius 3 is 2.21 bits per heavy atom. The van der Waals surface area contributed by atoms with Crippen LogP contribution in [0.1, 0.15) is 10.5 Å². The molecule has 3 aromatic carbocycles. The summed E-state index contributed by atoms with van der Waals surface area (Å²) in [5.74, 6) is 0.651. The third kappa shape index (κ3) is 4.08. The molecule has 0 bridgehead atoms. The van der Waals surface area contributed by atoms with Crippen molar-refractivity contribution in [1.29, 1.82) is 0 Å². The predicted octanol–water partition coefficient (Wildman–Crippen LogP) is 4.32. The van der Waals surface area contributed by atoms with E-state index in [0.717, 1.165) is 4.68 Å². The van der Waals surface area contributed by atoms with Gasteiger partial charge in [0.25, 0.3) is 11.5 Å². The second-order valence-electron chi connectivity index (χ2n) is 6.92. The van der Waals surface area contributed by atoms with Crippen molar-refractivity contribution >= 4 is 34.0 Å². The van der Waals surface area contributed by atoms with Gasteiger partial charge in [-0.1, -0.05) is 41.9 Å². The maximum atomic E-state index is 13.4. The topological polar surface area (TPSA) is 91.7 Å².